The molecule has 0 fully saturated rings. The zero-order valence-corrected chi connectivity index (χ0v) is 11.2. The summed E-state index contributed by atoms with van der Waals surface area (Å²) in [4.78, 5) is 15.7. The lowest BCUT2D eigenvalue weighted by Gasteiger charge is -2.10. The molecular weight excluding hydrogens is 262 g/mol. The second-order valence-corrected chi connectivity index (χ2v) is 4.70. The summed E-state index contributed by atoms with van der Waals surface area (Å²) in [5.41, 5.74) is 1.09. The van der Waals surface area contributed by atoms with Crippen molar-refractivity contribution in [1.29, 1.82) is 0 Å². The number of amides is 1. The molecule has 0 aliphatic heterocycles. The van der Waals surface area contributed by atoms with Crippen LogP contribution in [0.4, 0.5) is 0 Å². The van der Waals surface area contributed by atoms with Crippen molar-refractivity contribution in [2.75, 3.05) is 6.54 Å². The highest BCUT2D eigenvalue weighted by Gasteiger charge is 2.14. The maximum Gasteiger partial charge on any atom is 0.233 e. The van der Waals surface area contributed by atoms with Gasteiger partial charge in [0.15, 0.2) is 6.33 Å². The third kappa shape index (κ3) is 4.40. The predicted octanol–water partition coefficient (Wildman–Crippen LogP) is 1.27. The van der Waals surface area contributed by atoms with Crippen molar-refractivity contribution in [3.8, 4) is 0 Å². The lowest BCUT2D eigenvalue weighted by molar-refractivity contribution is -0.120. The topological polar surface area (TPSA) is 68.0 Å². The Bertz CT molecular complexity index is 502. The Kier molecular flexibility index (Phi) is 4.97. The number of nitrogens with one attached hydrogen (secondary N) is 1. The normalized spacial score (nSPS) is 12.1. The smallest absolute Gasteiger partial charge is 0.233 e. The van der Waals surface area contributed by atoms with Crippen molar-refractivity contribution in [2.24, 2.45) is 0 Å². The molecule has 6 heteroatoms. The third-order valence-corrected chi connectivity index (χ3v) is 3.04. The zero-order chi connectivity index (χ0) is 13.5. The van der Waals surface area contributed by atoms with Crippen molar-refractivity contribution in [3.05, 3.63) is 48.1 Å². The van der Waals surface area contributed by atoms with E-state index in [9.17, 15) is 4.79 Å². The molecular formula is C13H15N3O2S. The zero-order valence-electron chi connectivity index (χ0n) is 10.3. The molecule has 5 nitrogen and oxygen atoms in total. The number of carbonyl (C=O) groups excluding carboxylic acids is 1. The Morgan fingerprint density at radius 1 is 1.37 bits per heavy atom. The molecule has 0 radical (unpaired) electrons. The third-order valence-electron chi connectivity index (χ3n) is 2.62. The van der Waals surface area contributed by atoms with Crippen LogP contribution in [-0.4, -0.2) is 27.8 Å². The van der Waals surface area contributed by atoms with Gasteiger partial charge in [-0.25, -0.2) is 0 Å². The molecule has 2 rings (SSSR count). The van der Waals surface area contributed by atoms with Gasteiger partial charge < -0.3 is 9.84 Å². The van der Waals surface area contributed by atoms with E-state index in [2.05, 4.69) is 28.1 Å². The van der Waals surface area contributed by atoms with E-state index >= 15 is 0 Å². The Hall–Kier alpha value is -1.82. The second-order valence-electron chi connectivity index (χ2n) is 4.08. The molecule has 1 atom stereocenters. The van der Waals surface area contributed by atoms with Gasteiger partial charge in [0.2, 0.25) is 11.8 Å². The molecule has 1 N–H and O–H groups in total. The molecule has 0 aliphatic rings. The number of thiol groups is 1. The molecule has 1 aromatic heterocycles. The molecule has 0 bridgehead atoms. The Labute approximate surface area is 116 Å². The van der Waals surface area contributed by atoms with Gasteiger partial charge in [-0.2, -0.15) is 17.6 Å². The van der Waals surface area contributed by atoms with Crippen LogP contribution in [-0.2, 0) is 17.6 Å². The molecule has 1 aromatic carbocycles. The number of hydrogen-bond donors (Lipinski definition) is 2. The quantitative estimate of drug-likeness (QED) is 0.780. The van der Waals surface area contributed by atoms with Gasteiger partial charge >= 0.3 is 0 Å². The van der Waals surface area contributed by atoms with Gasteiger partial charge in [-0.05, 0) is 12.0 Å². The lowest BCUT2D eigenvalue weighted by Crippen LogP contribution is -2.34. The van der Waals surface area contributed by atoms with Crippen molar-refractivity contribution >= 4 is 18.5 Å². The molecule has 0 saturated carbocycles. The maximum absolute atomic E-state index is 11.8. The Balaban J connectivity index is 1.73. The van der Waals surface area contributed by atoms with Crippen LogP contribution < -0.4 is 5.32 Å². The lowest BCUT2D eigenvalue weighted by atomic mass is 10.1. The first kappa shape index (κ1) is 13.6. The Morgan fingerprint density at radius 3 is 2.84 bits per heavy atom. The Morgan fingerprint density at radius 2 is 2.16 bits per heavy atom. The van der Waals surface area contributed by atoms with Crippen LogP contribution in [0.5, 0.6) is 0 Å². The van der Waals surface area contributed by atoms with Crippen LogP contribution in [0, 0.1) is 0 Å². The van der Waals surface area contributed by atoms with E-state index in [1.54, 1.807) is 0 Å². The van der Waals surface area contributed by atoms with Gasteiger partial charge in [-0.3, -0.25) is 4.79 Å². The predicted molar refractivity (Wildman–Crippen MR) is 73.9 cm³/mol. The summed E-state index contributed by atoms with van der Waals surface area (Å²) in [7, 11) is 0. The molecule has 1 heterocycles. The molecule has 2 aromatic rings. The number of rotatable bonds is 6. The van der Waals surface area contributed by atoms with E-state index < -0.39 is 0 Å². The van der Waals surface area contributed by atoms with E-state index in [0.717, 1.165) is 5.56 Å². The van der Waals surface area contributed by atoms with E-state index in [1.165, 1.54) is 6.33 Å². The van der Waals surface area contributed by atoms with E-state index in [-0.39, 0.29) is 11.2 Å². The van der Waals surface area contributed by atoms with Crippen molar-refractivity contribution in [3.63, 3.8) is 0 Å². The fraction of sp³-hybridized carbons (Fsp3) is 0.308. The first-order chi connectivity index (χ1) is 9.25. The van der Waals surface area contributed by atoms with E-state index in [0.29, 0.717) is 25.3 Å². The summed E-state index contributed by atoms with van der Waals surface area (Å²) in [5.74, 6) is 0.422. The van der Waals surface area contributed by atoms with Gasteiger partial charge in [0.05, 0.1) is 5.25 Å². The first-order valence-corrected chi connectivity index (χ1v) is 6.52. The standard InChI is InChI=1S/C13H15N3O2S/c17-13(14-7-6-12-15-9-16-18-12)11(19)8-10-4-2-1-3-5-10/h1-5,9,11,19H,6-8H2,(H,14,17). The molecule has 1 amide bonds. The van der Waals surface area contributed by atoms with Crippen LogP contribution >= 0.6 is 12.6 Å². The molecule has 19 heavy (non-hydrogen) atoms. The van der Waals surface area contributed by atoms with Crippen LogP contribution in [0.3, 0.4) is 0 Å². The SMILES string of the molecule is O=C(NCCc1ncno1)C(S)Cc1ccccc1. The van der Waals surface area contributed by atoms with Gasteiger partial charge in [-0.15, -0.1) is 0 Å². The summed E-state index contributed by atoms with van der Waals surface area (Å²) >= 11 is 4.32. The second kappa shape index (κ2) is 6.94. The number of carbonyl (C=O) groups is 1. The number of aromatic nitrogens is 2. The molecule has 0 aliphatic carbocycles. The minimum Gasteiger partial charge on any atom is -0.355 e. The monoisotopic (exact) mass is 277 g/mol. The van der Waals surface area contributed by atoms with Crippen molar-refractivity contribution in [1.82, 2.24) is 15.5 Å². The average Bonchev–Trinajstić information content (AvgIpc) is 2.93. The van der Waals surface area contributed by atoms with Crippen molar-refractivity contribution in [2.45, 2.75) is 18.1 Å². The highest BCUT2D eigenvalue weighted by atomic mass is 32.1. The largest absolute Gasteiger partial charge is 0.355 e. The molecule has 0 spiro atoms. The fourth-order valence-corrected chi connectivity index (χ4v) is 1.95. The fourth-order valence-electron chi connectivity index (χ4n) is 1.65. The first-order valence-electron chi connectivity index (χ1n) is 6.01. The minimum atomic E-state index is -0.356. The summed E-state index contributed by atoms with van der Waals surface area (Å²) in [6, 6.07) is 9.80. The van der Waals surface area contributed by atoms with Crippen LogP contribution in [0.15, 0.2) is 41.2 Å². The van der Waals surface area contributed by atoms with Gasteiger partial charge in [0.25, 0.3) is 0 Å². The number of nitrogens with zero attached hydrogens (tertiary/aromatic N) is 2. The average molecular weight is 277 g/mol. The molecule has 0 saturated heterocycles. The van der Waals surface area contributed by atoms with Crippen LogP contribution in [0.2, 0.25) is 0 Å². The van der Waals surface area contributed by atoms with Crippen molar-refractivity contribution < 1.29 is 9.32 Å². The van der Waals surface area contributed by atoms with Gasteiger partial charge in [-0.1, -0.05) is 35.5 Å². The summed E-state index contributed by atoms with van der Waals surface area (Å²) in [6.07, 6.45) is 2.47. The van der Waals surface area contributed by atoms with E-state index in [1.807, 2.05) is 30.3 Å². The van der Waals surface area contributed by atoms with E-state index in [4.69, 9.17) is 4.52 Å². The maximum atomic E-state index is 11.8. The highest BCUT2D eigenvalue weighted by molar-refractivity contribution is 7.81. The van der Waals surface area contributed by atoms with Crippen LogP contribution in [0.1, 0.15) is 11.5 Å². The molecule has 100 valence electrons. The number of benzene rings is 1. The summed E-state index contributed by atoms with van der Waals surface area (Å²) < 4.78 is 4.84. The summed E-state index contributed by atoms with van der Waals surface area (Å²) in [6.45, 7) is 0.465. The van der Waals surface area contributed by atoms with Gasteiger partial charge in [0, 0.05) is 13.0 Å². The summed E-state index contributed by atoms with van der Waals surface area (Å²) in [5, 5.41) is 5.94. The highest BCUT2D eigenvalue weighted by Crippen LogP contribution is 2.07. The minimum absolute atomic E-state index is 0.0910. The molecule has 1 unspecified atom stereocenters. The van der Waals surface area contributed by atoms with Gasteiger partial charge in [0.1, 0.15) is 0 Å². The number of hydrogen-bond acceptors (Lipinski definition) is 5. The van der Waals surface area contributed by atoms with Crippen LogP contribution in [0.25, 0.3) is 0 Å².